The van der Waals surface area contributed by atoms with Crippen LogP contribution in [-0.2, 0) is 6.54 Å². The monoisotopic (exact) mass is 473 g/mol. The highest BCUT2D eigenvalue weighted by Gasteiger charge is 2.09. The lowest BCUT2D eigenvalue weighted by Gasteiger charge is -2.08. The van der Waals surface area contributed by atoms with Crippen LogP contribution in [0, 0.1) is 4.77 Å². The molecule has 0 atom stereocenters. The highest BCUT2D eigenvalue weighted by molar-refractivity contribution is 7.71. The number of allylic oxidation sites excluding steroid dienone is 1. The van der Waals surface area contributed by atoms with E-state index in [2.05, 4.69) is 26.8 Å². The van der Waals surface area contributed by atoms with Crippen LogP contribution < -0.4 is 16.0 Å². The third-order valence-corrected chi connectivity index (χ3v) is 5.76. The first-order valence-corrected chi connectivity index (χ1v) is 11.2. The summed E-state index contributed by atoms with van der Waals surface area (Å²) in [6.07, 6.45) is 4.75. The molecule has 4 rings (SSSR count). The summed E-state index contributed by atoms with van der Waals surface area (Å²) in [5, 5.41) is 22.8. The maximum absolute atomic E-state index is 12.4. The normalized spacial score (nSPS) is 12.5. The second-order valence-electron chi connectivity index (χ2n) is 6.90. The molecule has 164 valence electrons. The SMILES string of the molecule is C=CCn1c(O)c(C=c2ccccc2=CN=Nc2nc(-c3ccccc3)cs2)c(=O)[nH]c1=S. The molecule has 33 heavy (non-hydrogen) atoms. The van der Waals surface area contributed by atoms with Gasteiger partial charge in [-0.05, 0) is 23.5 Å². The van der Waals surface area contributed by atoms with Crippen molar-refractivity contribution in [3.8, 4) is 17.1 Å². The molecule has 9 heteroatoms. The summed E-state index contributed by atoms with van der Waals surface area (Å²) < 4.78 is 1.52. The molecule has 2 N–H and O–H groups in total. The zero-order valence-electron chi connectivity index (χ0n) is 17.4. The maximum Gasteiger partial charge on any atom is 0.262 e. The van der Waals surface area contributed by atoms with E-state index in [0.29, 0.717) is 10.4 Å². The van der Waals surface area contributed by atoms with Crippen molar-refractivity contribution in [1.82, 2.24) is 14.5 Å². The van der Waals surface area contributed by atoms with Crippen LogP contribution in [0.5, 0.6) is 5.88 Å². The number of nitrogens with zero attached hydrogens (tertiary/aromatic N) is 4. The minimum Gasteiger partial charge on any atom is -0.494 e. The van der Waals surface area contributed by atoms with Crippen LogP contribution in [0.4, 0.5) is 5.13 Å². The Balaban J connectivity index is 1.71. The molecule has 0 bridgehead atoms. The van der Waals surface area contributed by atoms with Gasteiger partial charge in [0.15, 0.2) is 4.77 Å². The number of hydrogen-bond acceptors (Lipinski definition) is 7. The van der Waals surface area contributed by atoms with E-state index in [0.717, 1.165) is 16.5 Å². The van der Waals surface area contributed by atoms with Crippen molar-refractivity contribution < 1.29 is 5.11 Å². The predicted molar refractivity (Wildman–Crippen MR) is 134 cm³/mol. The van der Waals surface area contributed by atoms with Gasteiger partial charge in [-0.3, -0.25) is 14.3 Å². The Labute approximate surface area is 198 Å². The Kier molecular flexibility index (Phi) is 6.82. The fourth-order valence-electron chi connectivity index (χ4n) is 3.11. The average molecular weight is 474 g/mol. The highest BCUT2D eigenvalue weighted by atomic mass is 32.1. The van der Waals surface area contributed by atoms with Gasteiger partial charge in [-0.25, -0.2) is 4.98 Å². The standard InChI is InChI=1S/C24H19N5O2S2/c1-2-12-29-22(31)19(21(30)27-24(29)32)13-17-10-6-7-11-18(17)14-25-28-23-26-20(15-33-23)16-8-4-3-5-9-16/h2-11,13-15,31H,1,12H2,(H,27,30,32). The Morgan fingerprint density at radius 1 is 1.15 bits per heavy atom. The molecule has 0 aliphatic heterocycles. The van der Waals surface area contributed by atoms with Gasteiger partial charge in [-0.2, -0.15) is 5.11 Å². The van der Waals surface area contributed by atoms with Gasteiger partial charge >= 0.3 is 0 Å². The number of azo groups is 1. The van der Waals surface area contributed by atoms with Crippen LogP contribution in [0.25, 0.3) is 23.5 Å². The van der Waals surface area contributed by atoms with E-state index in [1.165, 1.54) is 15.9 Å². The van der Waals surface area contributed by atoms with Crippen molar-refractivity contribution in [1.29, 1.82) is 0 Å². The van der Waals surface area contributed by atoms with Crippen LogP contribution in [0.15, 0.2) is 87.7 Å². The second kappa shape index (κ2) is 10.1. The molecule has 4 aromatic rings. The number of rotatable bonds is 6. The summed E-state index contributed by atoms with van der Waals surface area (Å²) in [5.74, 6) is -0.226. The predicted octanol–water partition coefficient (Wildman–Crippen LogP) is 4.27. The summed E-state index contributed by atoms with van der Waals surface area (Å²) in [4.78, 5) is 19.5. The van der Waals surface area contributed by atoms with Crippen molar-refractivity contribution in [2.24, 2.45) is 10.2 Å². The molecule has 0 fully saturated rings. The molecule has 2 aromatic heterocycles. The molecule has 0 amide bonds. The van der Waals surface area contributed by atoms with Gasteiger partial charge in [0, 0.05) is 22.7 Å². The average Bonchev–Trinajstić information content (AvgIpc) is 3.30. The number of aromatic nitrogens is 3. The molecule has 0 unspecified atom stereocenters. The molecule has 0 spiro atoms. The molecule has 0 radical (unpaired) electrons. The topological polar surface area (TPSA) is 95.6 Å². The zero-order chi connectivity index (χ0) is 23.2. The molecular weight excluding hydrogens is 454 g/mol. The minimum atomic E-state index is -0.481. The third-order valence-electron chi connectivity index (χ3n) is 4.72. The van der Waals surface area contributed by atoms with Gasteiger partial charge in [0.2, 0.25) is 11.0 Å². The molecule has 2 aromatic carbocycles. The minimum absolute atomic E-state index is 0.0932. The van der Waals surface area contributed by atoms with Crippen molar-refractivity contribution in [3.05, 3.63) is 104 Å². The fourth-order valence-corrected chi connectivity index (χ4v) is 4.02. The second-order valence-corrected chi connectivity index (χ2v) is 8.12. The Morgan fingerprint density at radius 3 is 2.64 bits per heavy atom. The zero-order valence-corrected chi connectivity index (χ0v) is 19.0. The quantitative estimate of drug-likeness (QED) is 0.248. The van der Waals surface area contributed by atoms with Gasteiger partial charge < -0.3 is 5.11 Å². The van der Waals surface area contributed by atoms with E-state index in [9.17, 15) is 9.90 Å². The summed E-state index contributed by atoms with van der Waals surface area (Å²) >= 11 is 6.53. The number of thiazole rings is 1. The Bertz CT molecular complexity index is 1570. The molecule has 0 saturated carbocycles. The number of aromatic hydroxyl groups is 1. The fraction of sp³-hybridized carbons (Fsp3) is 0.0417. The number of hydrogen-bond donors (Lipinski definition) is 2. The first kappa shape index (κ1) is 22.3. The number of benzene rings is 2. The first-order valence-electron chi connectivity index (χ1n) is 9.92. The van der Waals surface area contributed by atoms with Crippen LogP contribution in [0.2, 0.25) is 0 Å². The Morgan fingerprint density at radius 2 is 1.88 bits per heavy atom. The first-order chi connectivity index (χ1) is 16.1. The van der Waals surface area contributed by atoms with Gasteiger partial charge in [0.1, 0.15) is 5.56 Å². The number of aromatic amines is 1. The Hall–Kier alpha value is -3.95. The maximum atomic E-state index is 12.4. The van der Waals surface area contributed by atoms with Gasteiger partial charge in [0.05, 0.1) is 11.9 Å². The summed E-state index contributed by atoms with van der Waals surface area (Å²) in [6.45, 7) is 3.92. The number of H-pyrrole nitrogens is 1. The third kappa shape index (κ3) is 5.11. The highest BCUT2D eigenvalue weighted by Crippen LogP contribution is 2.26. The smallest absolute Gasteiger partial charge is 0.262 e. The van der Waals surface area contributed by atoms with Crippen molar-refractivity contribution in [2.75, 3.05) is 0 Å². The summed E-state index contributed by atoms with van der Waals surface area (Å²) in [6, 6.07) is 17.2. The molecule has 0 saturated heterocycles. The largest absolute Gasteiger partial charge is 0.494 e. The van der Waals surface area contributed by atoms with Gasteiger partial charge in [-0.1, -0.05) is 60.7 Å². The van der Waals surface area contributed by atoms with Crippen molar-refractivity contribution >= 4 is 41.0 Å². The summed E-state index contributed by atoms with van der Waals surface area (Å²) in [5.41, 5.74) is 1.47. The molecule has 2 heterocycles. The van der Waals surface area contributed by atoms with Crippen molar-refractivity contribution in [2.45, 2.75) is 6.54 Å². The van der Waals surface area contributed by atoms with E-state index in [-0.39, 0.29) is 22.8 Å². The van der Waals surface area contributed by atoms with E-state index in [1.54, 1.807) is 18.4 Å². The summed E-state index contributed by atoms with van der Waals surface area (Å²) in [7, 11) is 0. The molecule has 0 aliphatic carbocycles. The van der Waals surface area contributed by atoms with E-state index in [4.69, 9.17) is 12.2 Å². The molecule has 7 nitrogen and oxygen atoms in total. The van der Waals surface area contributed by atoms with Crippen LogP contribution in [0.3, 0.4) is 0 Å². The molecule has 0 aliphatic rings. The molecular formula is C24H19N5O2S2. The number of nitrogens with one attached hydrogen (secondary N) is 1. The van der Waals surface area contributed by atoms with Crippen molar-refractivity contribution in [3.63, 3.8) is 0 Å². The van der Waals surface area contributed by atoms with E-state index < -0.39 is 5.56 Å². The van der Waals surface area contributed by atoms with Gasteiger partial charge in [0.25, 0.3) is 5.56 Å². The van der Waals surface area contributed by atoms with Crippen LogP contribution >= 0.6 is 23.6 Å². The van der Waals surface area contributed by atoms with Crippen LogP contribution in [-0.4, -0.2) is 19.6 Å². The van der Waals surface area contributed by atoms with Crippen LogP contribution in [0.1, 0.15) is 5.56 Å². The lowest BCUT2D eigenvalue weighted by Crippen LogP contribution is -2.25. The van der Waals surface area contributed by atoms with Gasteiger partial charge in [-0.15, -0.1) is 23.0 Å². The van der Waals surface area contributed by atoms with E-state index >= 15 is 0 Å². The lowest BCUT2D eigenvalue weighted by atomic mass is 10.2. The van der Waals surface area contributed by atoms with E-state index in [1.807, 2.05) is 60.0 Å². The lowest BCUT2D eigenvalue weighted by molar-refractivity contribution is 0.412.